The summed E-state index contributed by atoms with van der Waals surface area (Å²) in [6, 6.07) is 1.84. The number of anilines is 1. The third-order valence-corrected chi connectivity index (χ3v) is 7.32. The van der Waals surface area contributed by atoms with E-state index in [1.54, 1.807) is 19.9 Å². The Balaban J connectivity index is 1.69. The van der Waals surface area contributed by atoms with Crippen molar-refractivity contribution in [3.8, 4) is 0 Å². The minimum absolute atomic E-state index is 0.104. The van der Waals surface area contributed by atoms with Crippen LogP contribution >= 0.6 is 7.67 Å². The van der Waals surface area contributed by atoms with E-state index < -0.39 is 69.0 Å². The van der Waals surface area contributed by atoms with Crippen molar-refractivity contribution in [2.24, 2.45) is 0 Å². The summed E-state index contributed by atoms with van der Waals surface area (Å²) in [5.74, 6) is -1.03. The second kappa shape index (κ2) is 12.4. The highest BCUT2D eigenvalue weighted by Crippen LogP contribution is 2.42. The maximum absolute atomic E-state index is 13.3. The molecule has 1 aliphatic heterocycles. The summed E-state index contributed by atoms with van der Waals surface area (Å²) in [6.07, 6.45) is -0.749. The van der Waals surface area contributed by atoms with Crippen LogP contribution in [-0.4, -0.2) is 88.5 Å². The number of hydrogen-bond donors (Lipinski definition) is 5. The number of ether oxygens (including phenoxy) is 3. The highest BCUT2D eigenvalue weighted by molar-refractivity contribution is 7.54. The van der Waals surface area contributed by atoms with Gasteiger partial charge in [0.05, 0.1) is 19.8 Å². The van der Waals surface area contributed by atoms with Crippen molar-refractivity contribution in [2.45, 2.75) is 63.7 Å². The molecular formula is C21H34N5O10P. The number of carbonyl (C=O) groups excluding carboxylic acids is 2. The number of carbonyl (C=O) groups is 2. The molecule has 0 spiro atoms. The first kappa shape index (κ1) is 29.2. The van der Waals surface area contributed by atoms with E-state index in [1.807, 2.05) is 0 Å². The van der Waals surface area contributed by atoms with Crippen molar-refractivity contribution in [3.63, 3.8) is 0 Å². The standard InChI is InChI=1S/C21H34N5O10P/c1-4-33-16(27)10-22-37(32,23-11-17(28)34-5-2)35-12-14-18(29)21(3,31)19(36-14)26-9-8-15(25-20(26)30)24-13-6-7-13/h8-9,13-14,18-19,29,31H,4-7,10-12H2,1-3H3,(H2,22,23,32)(H,24,25,30)/t14-,18?,19+,21+/m1/s1. The minimum atomic E-state index is -4.07. The van der Waals surface area contributed by atoms with E-state index in [0.29, 0.717) is 5.82 Å². The highest BCUT2D eigenvalue weighted by Gasteiger charge is 2.54. The van der Waals surface area contributed by atoms with Gasteiger partial charge < -0.3 is 34.3 Å². The highest BCUT2D eigenvalue weighted by atomic mass is 31.2. The summed E-state index contributed by atoms with van der Waals surface area (Å²) in [4.78, 5) is 40.0. The van der Waals surface area contributed by atoms with Gasteiger partial charge >= 0.3 is 25.3 Å². The molecule has 15 nitrogen and oxygen atoms in total. The van der Waals surface area contributed by atoms with Gasteiger partial charge in [0.2, 0.25) is 0 Å². The Hall–Kier alpha value is -2.39. The molecule has 16 heteroatoms. The number of rotatable bonds is 14. The molecular weight excluding hydrogens is 513 g/mol. The zero-order chi connectivity index (χ0) is 27.2. The van der Waals surface area contributed by atoms with E-state index in [2.05, 4.69) is 20.5 Å². The smallest absolute Gasteiger partial charge is 0.351 e. The number of hydrogen-bond acceptors (Lipinski definition) is 12. The number of aromatic nitrogens is 2. The first-order valence-corrected chi connectivity index (χ1v) is 13.6. The van der Waals surface area contributed by atoms with Crippen molar-refractivity contribution < 1.29 is 43.1 Å². The average Bonchev–Trinajstić information content (AvgIpc) is 3.63. The van der Waals surface area contributed by atoms with Crippen LogP contribution in [-0.2, 0) is 32.9 Å². The molecule has 0 bridgehead atoms. The van der Waals surface area contributed by atoms with Crippen LogP contribution in [0.4, 0.5) is 5.82 Å². The van der Waals surface area contributed by atoms with E-state index in [1.165, 1.54) is 13.1 Å². The van der Waals surface area contributed by atoms with Gasteiger partial charge in [-0.3, -0.25) is 18.7 Å². The summed E-state index contributed by atoms with van der Waals surface area (Å²) in [5.41, 5.74) is -2.64. The third-order valence-electron chi connectivity index (χ3n) is 5.66. The Labute approximate surface area is 213 Å². The molecule has 0 radical (unpaired) electrons. The van der Waals surface area contributed by atoms with Crippen LogP contribution in [0.1, 0.15) is 39.8 Å². The molecule has 1 unspecified atom stereocenters. The topological polar surface area (TPSA) is 200 Å². The van der Waals surface area contributed by atoms with Crippen LogP contribution in [0.25, 0.3) is 0 Å². The second-order valence-corrected chi connectivity index (χ2v) is 10.7. The Bertz CT molecular complexity index is 1040. The number of aliphatic hydroxyl groups is 2. The van der Waals surface area contributed by atoms with Crippen molar-refractivity contribution >= 4 is 25.4 Å². The second-order valence-electron chi connectivity index (χ2n) is 8.75. The van der Waals surface area contributed by atoms with Gasteiger partial charge in [0.25, 0.3) is 0 Å². The van der Waals surface area contributed by atoms with Gasteiger partial charge in [-0.05, 0) is 39.7 Å². The van der Waals surface area contributed by atoms with Crippen LogP contribution in [0.3, 0.4) is 0 Å². The molecule has 3 rings (SSSR count). The van der Waals surface area contributed by atoms with Crippen molar-refractivity contribution in [1.82, 2.24) is 19.7 Å². The van der Waals surface area contributed by atoms with Crippen LogP contribution in [0, 0.1) is 0 Å². The molecule has 0 amide bonds. The maximum atomic E-state index is 13.3. The molecule has 1 saturated heterocycles. The SMILES string of the molecule is CCOC(=O)CNP(=O)(NCC(=O)OCC)OC[C@H]1O[C@H](n2ccc(NC3CC3)nc2=O)[C@@](C)(O)C1O. The zero-order valence-electron chi connectivity index (χ0n) is 20.9. The van der Waals surface area contributed by atoms with Gasteiger partial charge in [-0.25, -0.2) is 15.0 Å². The number of nitrogens with one attached hydrogen (secondary N) is 3. The molecule has 1 aromatic heterocycles. The number of aliphatic hydroxyl groups excluding tert-OH is 1. The van der Waals surface area contributed by atoms with E-state index >= 15 is 0 Å². The van der Waals surface area contributed by atoms with Crippen molar-refractivity contribution in [3.05, 3.63) is 22.7 Å². The predicted octanol–water partition coefficient (Wildman–Crippen LogP) is -0.743. The maximum Gasteiger partial charge on any atom is 0.351 e. The fourth-order valence-electron chi connectivity index (χ4n) is 3.57. The molecule has 37 heavy (non-hydrogen) atoms. The summed E-state index contributed by atoms with van der Waals surface area (Å²) in [7, 11) is -4.07. The van der Waals surface area contributed by atoms with E-state index in [4.69, 9.17) is 18.7 Å². The Morgan fingerprint density at radius 2 is 1.81 bits per heavy atom. The molecule has 0 aromatic carbocycles. The summed E-state index contributed by atoms with van der Waals surface area (Å²) in [6.45, 7) is 3.15. The molecule has 1 aromatic rings. The quantitative estimate of drug-likeness (QED) is 0.144. The lowest BCUT2D eigenvalue weighted by Gasteiger charge is -2.27. The Kier molecular flexibility index (Phi) is 9.80. The Morgan fingerprint density at radius 1 is 1.22 bits per heavy atom. The number of esters is 2. The van der Waals surface area contributed by atoms with Gasteiger partial charge in [0.15, 0.2) is 6.23 Å². The van der Waals surface area contributed by atoms with E-state index in [9.17, 15) is 29.2 Å². The number of nitrogens with zero attached hydrogens (tertiary/aromatic N) is 2. The summed E-state index contributed by atoms with van der Waals surface area (Å²) in [5, 5.41) is 29.5. The lowest BCUT2D eigenvalue weighted by molar-refractivity contribution is -0.142. The summed E-state index contributed by atoms with van der Waals surface area (Å²) < 4.78 is 35.0. The average molecular weight is 548 g/mol. The molecule has 4 atom stereocenters. The van der Waals surface area contributed by atoms with Gasteiger partial charge in [0.1, 0.15) is 36.7 Å². The monoisotopic (exact) mass is 547 g/mol. The molecule has 1 saturated carbocycles. The molecule has 2 aliphatic rings. The molecule has 5 N–H and O–H groups in total. The fraction of sp³-hybridized carbons (Fsp3) is 0.714. The molecule has 1 aliphatic carbocycles. The Morgan fingerprint density at radius 3 is 2.32 bits per heavy atom. The molecule has 208 valence electrons. The first-order valence-electron chi connectivity index (χ1n) is 12.0. The van der Waals surface area contributed by atoms with Gasteiger partial charge in [-0.1, -0.05) is 0 Å². The third kappa shape index (κ3) is 7.80. The first-order chi connectivity index (χ1) is 17.5. The molecule has 2 fully saturated rings. The van der Waals surface area contributed by atoms with Crippen molar-refractivity contribution in [2.75, 3.05) is 38.2 Å². The normalized spacial score (nSPS) is 25.6. The van der Waals surface area contributed by atoms with Gasteiger partial charge in [-0.15, -0.1) is 0 Å². The van der Waals surface area contributed by atoms with Gasteiger partial charge in [0, 0.05) is 12.2 Å². The van der Waals surface area contributed by atoms with Crippen molar-refractivity contribution in [1.29, 1.82) is 0 Å². The van der Waals surface area contributed by atoms with Crippen LogP contribution in [0.15, 0.2) is 17.1 Å². The van der Waals surface area contributed by atoms with E-state index in [-0.39, 0.29) is 19.3 Å². The fourth-order valence-corrected chi connectivity index (χ4v) is 4.90. The van der Waals surface area contributed by atoms with Crippen LogP contribution in [0.2, 0.25) is 0 Å². The van der Waals surface area contributed by atoms with E-state index in [0.717, 1.165) is 17.4 Å². The van der Waals surface area contributed by atoms with Crippen LogP contribution in [0.5, 0.6) is 0 Å². The molecule has 2 heterocycles. The van der Waals surface area contributed by atoms with Gasteiger partial charge in [-0.2, -0.15) is 4.98 Å². The summed E-state index contributed by atoms with van der Waals surface area (Å²) >= 11 is 0. The lowest BCUT2D eigenvalue weighted by atomic mass is 9.96. The minimum Gasteiger partial charge on any atom is -0.465 e. The van der Waals surface area contributed by atoms with Crippen LogP contribution < -0.4 is 21.2 Å². The lowest BCUT2D eigenvalue weighted by Crippen LogP contribution is -2.46. The largest absolute Gasteiger partial charge is 0.465 e. The zero-order valence-corrected chi connectivity index (χ0v) is 21.8. The predicted molar refractivity (Wildman–Crippen MR) is 129 cm³/mol.